The minimum Gasteiger partial charge on any atom is -0.497 e. The molecule has 0 saturated heterocycles. The molecule has 0 spiro atoms. The van der Waals surface area contributed by atoms with Crippen molar-refractivity contribution in [3.63, 3.8) is 0 Å². The topological polar surface area (TPSA) is 45.7 Å². The second-order valence-corrected chi connectivity index (χ2v) is 5.92. The number of aliphatic imine (C=N–C) groups is 1. The van der Waals surface area contributed by atoms with Gasteiger partial charge in [-0.05, 0) is 42.0 Å². The maximum Gasteiger partial charge on any atom is 0.191 e. The van der Waals surface area contributed by atoms with Crippen LogP contribution in [0.15, 0.2) is 46.8 Å². The number of ether oxygens (including phenoxy) is 1. The van der Waals surface area contributed by atoms with Gasteiger partial charge in [-0.15, -0.1) is 35.3 Å². The monoisotopic (exact) mass is 445 g/mol. The summed E-state index contributed by atoms with van der Waals surface area (Å²) in [5, 5.41) is 8.75. The van der Waals surface area contributed by atoms with Gasteiger partial charge in [0.15, 0.2) is 5.96 Å². The van der Waals surface area contributed by atoms with Crippen LogP contribution in [-0.4, -0.2) is 26.7 Å². The number of thiophene rings is 1. The lowest BCUT2D eigenvalue weighted by molar-refractivity contribution is 0.414. The van der Waals surface area contributed by atoms with E-state index in [1.807, 2.05) is 12.1 Å². The number of aryl methyl sites for hydroxylation is 1. The van der Waals surface area contributed by atoms with Crippen LogP contribution in [0.25, 0.3) is 0 Å². The van der Waals surface area contributed by atoms with E-state index in [9.17, 15) is 0 Å². The molecule has 2 rings (SSSR count). The highest BCUT2D eigenvalue weighted by molar-refractivity contribution is 14.0. The van der Waals surface area contributed by atoms with E-state index in [4.69, 9.17) is 4.74 Å². The van der Waals surface area contributed by atoms with Gasteiger partial charge in [0, 0.05) is 18.5 Å². The lowest BCUT2D eigenvalue weighted by Gasteiger charge is -2.11. The minimum atomic E-state index is 0. The van der Waals surface area contributed by atoms with E-state index < -0.39 is 0 Å². The predicted octanol–water partition coefficient (Wildman–Crippen LogP) is 3.67. The number of halogens is 1. The Bertz CT molecular complexity index is 587. The molecule has 0 radical (unpaired) electrons. The molecule has 0 aliphatic heterocycles. The van der Waals surface area contributed by atoms with Crippen LogP contribution < -0.4 is 15.4 Å². The summed E-state index contributed by atoms with van der Waals surface area (Å²) in [7, 11) is 3.50. The largest absolute Gasteiger partial charge is 0.497 e. The second kappa shape index (κ2) is 11.3. The highest BCUT2D eigenvalue weighted by atomic mass is 127. The fourth-order valence-electron chi connectivity index (χ4n) is 2.13. The summed E-state index contributed by atoms with van der Waals surface area (Å²) in [5.74, 6) is 1.76. The summed E-state index contributed by atoms with van der Waals surface area (Å²) in [6, 6.07) is 12.4. The molecular formula is C17H24IN3OS. The first-order chi connectivity index (χ1) is 10.8. The summed E-state index contributed by atoms with van der Waals surface area (Å²) in [6.07, 6.45) is 2.07. The van der Waals surface area contributed by atoms with Crippen molar-refractivity contribution in [1.82, 2.24) is 10.6 Å². The fourth-order valence-corrected chi connectivity index (χ4v) is 2.78. The Labute approximate surface area is 159 Å². The maximum atomic E-state index is 5.24. The second-order valence-electron chi connectivity index (χ2n) is 4.89. The molecule has 0 bridgehead atoms. The van der Waals surface area contributed by atoms with E-state index in [-0.39, 0.29) is 24.0 Å². The first kappa shape index (κ1) is 19.8. The number of nitrogens with one attached hydrogen (secondary N) is 2. The van der Waals surface area contributed by atoms with Gasteiger partial charge in [-0.2, -0.15) is 0 Å². The number of guanidine groups is 1. The van der Waals surface area contributed by atoms with E-state index in [1.54, 1.807) is 25.5 Å². The molecule has 2 N–H and O–H groups in total. The normalized spacial score (nSPS) is 10.8. The molecular weight excluding hydrogens is 421 g/mol. The Morgan fingerprint density at radius 3 is 2.78 bits per heavy atom. The van der Waals surface area contributed by atoms with E-state index >= 15 is 0 Å². The Morgan fingerprint density at radius 1 is 1.22 bits per heavy atom. The van der Waals surface area contributed by atoms with Gasteiger partial charge in [0.25, 0.3) is 0 Å². The summed E-state index contributed by atoms with van der Waals surface area (Å²) in [4.78, 5) is 5.54. The van der Waals surface area contributed by atoms with Gasteiger partial charge in [-0.25, -0.2) is 0 Å². The molecule has 0 fully saturated rings. The first-order valence-corrected chi connectivity index (χ1v) is 8.29. The Morgan fingerprint density at radius 2 is 2.09 bits per heavy atom. The molecule has 1 aromatic carbocycles. The van der Waals surface area contributed by atoms with Crippen LogP contribution in [0.3, 0.4) is 0 Å². The molecule has 6 heteroatoms. The third-order valence-electron chi connectivity index (χ3n) is 3.30. The third-order valence-corrected chi connectivity index (χ3v) is 4.18. The van der Waals surface area contributed by atoms with Gasteiger partial charge >= 0.3 is 0 Å². The number of nitrogens with zero attached hydrogens (tertiary/aromatic N) is 1. The maximum absolute atomic E-state index is 5.24. The quantitative estimate of drug-likeness (QED) is 0.296. The van der Waals surface area contributed by atoms with Crippen LogP contribution >= 0.6 is 35.3 Å². The Kier molecular flexibility index (Phi) is 9.70. The van der Waals surface area contributed by atoms with Crippen molar-refractivity contribution < 1.29 is 4.74 Å². The molecule has 0 aliphatic rings. The van der Waals surface area contributed by atoms with Gasteiger partial charge in [-0.3, -0.25) is 4.99 Å². The Balaban J connectivity index is 0.00000264. The summed E-state index contributed by atoms with van der Waals surface area (Å²) >= 11 is 1.75. The summed E-state index contributed by atoms with van der Waals surface area (Å²) in [5.41, 5.74) is 1.29. The zero-order valence-electron chi connectivity index (χ0n) is 13.5. The molecule has 2 aromatic rings. The zero-order chi connectivity index (χ0) is 15.6. The molecule has 1 aromatic heterocycles. The van der Waals surface area contributed by atoms with Crippen molar-refractivity contribution in [2.75, 3.05) is 20.7 Å². The minimum absolute atomic E-state index is 0. The summed E-state index contributed by atoms with van der Waals surface area (Å²) in [6.45, 7) is 1.70. The van der Waals surface area contributed by atoms with Crippen LogP contribution in [0.1, 0.15) is 16.9 Å². The van der Waals surface area contributed by atoms with Gasteiger partial charge in [0.2, 0.25) is 0 Å². The molecule has 126 valence electrons. The van der Waals surface area contributed by atoms with Crippen molar-refractivity contribution >= 4 is 41.3 Å². The van der Waals surface area contributed by atoms with Crippen molar-refractivity contribution in [2.24, 2.45) is 4.99 Å². The highest BCUT2D eigenvalue weighted by Gasteiger charge is 2.00. The Hall–Kier alpha value is -1.28. The molecule has 0 atom stereocenters. The van der Waals surface area contributed by atoms with Gasteiger partial charge in [-0.1, -0.05) is 18.2 Å². The average Bonchev–Trinajstić information content (AvgIpc) is 3.08. The SMILES string of the molecule is CN=C(NCCCc1cccc(OC)c1)NCc1cccs1.I. The lowest BCUT2D eigenvalue weighted by Crippen LogP contribution is -2.37. The van der Waals surface area contributed by atoms with E-state index in [2.05, 4.69) is 45.3 Å². The molecule has 0 saturated carbocycles. The smallest absolute Gasteiger partial charge is 0.191 e. The van der Waals surface area contributed by atoms with Crippen LogP contribution in [0.4, 0.5) is 0 Å². The first-order valence-electron chi connectivity index (χ1n) is 7.41. The van der Waals surface area contributed by atoms with Crippen molar-refractivity contribution in [3.05, 3.63) is 52.2 Å². The van der Waals surface area contributed by atoms with Crippen LogP contribution in [-0.2, 0) is 13.0 Å². The summed E-state index contributed by atoms with van der Waals surface area (Å²) < 4.78 is 5.24. The van der Waals surface area contributed by atoms with Gasteiger partial charge < -0.3 is 15.4 Å². The molecule has 0 unspecified atom stereocenters. The van der Waals surface area contributed by atoms with Crippen LogP contribution in [0, 0.1) is 0 Å². The number of hydrogen-bond donors (Lipinski definition) is 2. The van der Waals surface area contributed by atoms with Gasteiger partial charge in [0.1, 0.15) is 5.75 Å². The van der Waals surface area contributed by atoms with Crippen molar-refractivity contribution in [1.29, 1.82) is 0 Å². The van der Waals surface area contributed by atoms with E-state index in [1.165, 1.54) is 10.4 Å². The number of methoxy groups -OCH3 is 1. The standard InChI is InChI=1S/C17H23N3OS.HI/c1-18-17(20-13-16-9-5-11-22-16)19-10-4-7-14-6-3-8-15(12-14)21-2;/h3,5-6,8-9,11-12H,4,7,10,13H2,1-2H3,(H2,18,19,20);1H. The average molecular weight is 445 g/mol. The molecule has 0 amide bonds. The number of benzene rings is 1. The zero-order valence-corrected chi connectivity index (χ0v) is 16.7. The number of hydrogen-bond acceptors (Lipinski definition) is 3. The van der Waals surface area contributed by atoms with Crippen molar-refractivity contribution in [3.8, 4) is 5.75 Å². The molecule has 4 nitrogen and oxygen atoms in total. The third kappa shape index (κ3) is 7.22. The van der Waals surface area contributed by atoms with E-state index in [0.717, 1.165) is 37.6 Å². The fraction of sp³-hybridized carbons (Fsp3) is 0.353. The van der Waals surface area contributed by atoms with Crippen molar-refractivity contribution in [2.45, 2.75) is 19.4 Å². The molecule has 23 heavy (non-hydrogen) atoms. The van der Waals surface area contributed by atoms with Crippen LogP contribution in [0.2, 0.25) is 0 Å². The van der Waals surface area contributed by atoms with E-state index in [0.29, 0.717) is 0 Å². The van der Waals surface area contributed by atoms with Crippen LogP contribution in [0.5, 0.6) is 5.75 Å². The molecule has 0 aliphatic carbocycles. The molecule has 1 heterocycles. The predicted molar refractivity (Wildman–Crippen MR) is 109 cm³/mol. The lowest BCUT2D eigenvalue weighted by atomic mass is 10.1. The highest BCUT2D eigenvalue weighted by Crippen LogP contribution is 2.13. The van der Waals surface area contributed by atoms with Gasteiger partial charge in [0.05, 0.1) is 13.7 Å². The number of rotatable bonds is 7.